The lowest BCUT2D eigenvalue weighted by Crippen LogP contribution is -2.27. The fourth-order valence-electron chi connectivity index (χ4n) is 2.93. The maximum atomic E-state index is 4.59. The van der Waals surface area contributed by atoms with Crippen molar-refractivity contribution in [2.75, 3.05) is 18.4 Å². The van der Waals surface area contributed by atoms with Gasteiger partial charge in [0.25, 0.3) is 0 Å². The van der Waals surface area contributed by atoms with E-state index in [0.29, 0.717) is 12.1 Å². The van der Waals surface area contributed by atoms with Gasteiger partial charge in [-0.05, 0) is 50.3 Å². The Hall–Kier alpha value is -1.09. The molecular formula is C17H29N3. The number of hydrogen-bond donors (Lipinski definition) is 1. The highest BCUT2D eigenvalue weighted by atomic mass is 15.2. The average Bonchev–Trinajstić information content (AvgIpc) is 2.87. The number of nitrogens with zero attached hydrogens (tertiary/aromatic N) is 2. The Morgan fingerprint density at radius 2 is 2.15 bits per heavy atom. The number of rotatable bonds is 6. The van der Waals surface area contributed by atoms with Crippen LogP contribution in [0.3, 0.4) is 0 Å². The molecule has 3 heteroatoms. The molecule has 2 heterocycles. The molecule has 1 N–H and O–H groups in total. The lowest BCUT2D eigenvalue weighted by Gasteiger charge is -2.26. The monoisotopic (exact) mass is 275 g/mol. The summed E-state index contributed by atoms with van der Waals surface area (Å²) in [7, 11) is 0. The molecule has 0 amide bonds. The van der Waals surface area contributed by atoms with Crippen LogP contribution in [0.25, 0.3) is 0 Å². The van der Waals surface area contributed by atoms with E-state index in [4.69, 9.17) is 0 Å². The molecule has 1 saturated heterocycles. The van der Waals surface area contributed by atoms with E-state index in [1.807, 2.05) is 0 Å². The summed E-state index contributed by atoms with van der Waals surface area (Å²) in [5.74, 6) is 1.73. The Morgan fingerprint density at radius 1 is 1.35 bits per heavy atom. The SMILES string of the molecule is CC[C@@H](C)Nc1ccc([C@@H]2CCCN2CC(C)C)cn1. The summed E-state index contributed by atoms with van der Waals surface area (Å²) in [6.45, 7) is 11.4. The Labute approximate surface area is 123 Å². The van der Waals surface area contributed by atoms with E-state index in [-0.39, 0.29) is 0 Å². The van der Waals surface area contributed by atoms with Crippen molar-refractivity contribution in [3.63, 3.8) is 0 Å². The van der Waals surface area contributed by atoms with E-state index >= 15 is 0 Å². The second kappa shape index (κ2) is 7.07. The number of aromatic nitrogens is 1. The highest BCUT2D eigenvalue weighted by Gasteiger charge is 2.26. The van der Waals surface area contributed by atoms with E-state index in [1.165, 1.54) is 31.5 Å². The molecule has 20 heavy (non-hydrogen) atoms. The third-order valence-corrected chi connectivity index (χ3v) is 4.14. The quantitative estimate of drug-likeness (QED) is 0.847. The van der Waals surface area contributed by atoms with Gasteiger partial charge in [0.05, 0.1) is 0 Å². The van der Waals surface area contributed by atoms with Crippen LogP contribution >= 0.6 is 0 Å². The number of hydrogen-bond acceptors (Lipinski definition) is 3. The first-order chi connectivity index (χ1) is 9.60. The lowest BCUT2D eigenvalue weighted by molar-refractivity contribution is 0.228. The number of likely N-dealkylation sites (tertiary alicyclic amines) is 1. The van der Waals surface area contributed by atoms with Crippen molar-refractivity contribution in [3.8, 4) is 0 Å². The van der Waals surface area contributed by atoms with Crippen LogP contribution in [-0.4, -0.2) is 29.0 Å². The molecule has 0 radical (unpaired) electrons. The first-order valence-corrected chi connectivity index (χ1v) is 8.06. The highest BCUT2D eigenvalue weighted by molar-refractivity contribution is 5.37. The van der Waals surface area contributed by atoms with Gasteiger partial charge in [-0.25, -0.2) is 4.98 Å². The van der Waals surface area contributed by atoms with Crippen molar-refractivity contribution in [1.82, 2.24) is 9.88 Å². The van der Waals surface area contributed by atoms with Crippen molar-refractivity contribution in [2.24, 2.45) is 5.92 Å². The third kappa shape index (κ3) is 3.95. The summed E-state index contributed by atoms with van der Waals surface area (Å²) in [5.41, 5.74) is 1.37. The minimum absolute atomic E-state index is 0.484. The number of anilines is 1. The van der Waals surface area contributed by atoms with Crippen LogP contribution in [-0.2, 0) is 0 Å². The molecule has 3 nitrogen and oxygen atoms in total. The zero-order valence-corrected chi connectivity index (χ0v) is 13.4. The van der Waals surface area contributed by atoms with Crippen molar-refractivity contribution in [1.29, 1.82) is 0 Å². The molecule has 1 aliphatic heterocycles. The first-order valence-electron chi connectivity index (χ1n) is 8.06. The van der Waals surface area contributed by atoms with Crippen LogP contribution in [0.1, 0.15) is 58.6 Å². The molecule has 0 aromatic carbocycles. The Kier molecular flexibility index (Phi) is 5.41. The summed E-state index contributed by atoms with van der Waals surface area (Å²) < 4.78 is 0. The molecule has 1 fully saturated rings. The second-order valence-electron chi connectivity index (χ2n) is 6.48. The Bertz CT molecular complexity index is 399. The van der Waals surface area contributed by atoms with Gasteiger partial charge in [0.15, 0.2) is 0 Å². The van der Waals surface area contributed by atoms with Crippen molar-refractivity contribution >= 4 is 5.82 Å². The predicted molar refractivity (Wildman–Crippen MR) is 86.0 cm³/mol. The second-order valence-corrected chi connectivity index (χ2v) is 6.48. The van der Waals surface area contributed by atoms with Gasteiger partial charge in [0, 0.05) is 24.8 Å². The van der Waals surface area contributed by atoms with Gasteiger partial charge in [0.2, 0.25) is 0 Å². The van der Waals surface area contributed by atoms with Crippen molar-refractivity contribution in [3.05, 3.63) is 23.9 Å². The maximum Gasteiger partial charge on any atom is 0.126 e. The standard InChI is InChI=1S/C17H29N3/c1-5-14(4)19-17-9-8-15(11-18-17)16-7-6-10-20(16)12-13(2)3/h8-9,11,13-14,16H,5-7,10,12H2,1-4H3,(H,18,19)/t14-,16+/m1/s1. The summed E-state index contributed by atoms with van der Waals surface area (Å²) in [5, 5.41) is 3.43. The van der Waals surface area contributed by atoms with E-state index in [0.717, 1.165) is 18.2 Å². The van der Waals surface area contributed by atoms with Crippen molar-refractivity contribution in [2.45, 2.75) is 59.0 Å². The van der Waals surface area contributed by atoms with Crippen LogP contribution in [0.5, 0.6) is 0 Å². The predicted octanol–water partition coefficient (Wildman–Crippen LogP) is 4.08. The highest BCUT2D eigenvalue weighted by Crippen LogP contribution is 2.32. The minimum atomic E-state index is 0.484. The summed E-state index contributed by atoms with van der Waals surface area (Å²) in [6.07, 6.45) is 5.76. The van der Waals surface area contributed by atoms with Crippen LogP contribution in [0.15, 0.2) is 18.3 Å². The molecule has 1 aliphatic rings. The Morgan fingerprint density at radius 3 is 2.75 bits per heavy atom. The average molecular weight is 275 g/mol. The van der Waals surface area contributed by atoms with Gasteiger partial charge < -0.3 is 5.32 Å². The van der Waals surface area contributed by atoms with Gasteiger partial charge in [-0.3, -0.25) is 4.90 Å². The summed E-state index contributed by atoms with van der Waals surface area (Å²) >= 11 is 0. The minimum Gasteiger partial charge on any atom is -0.368 e. The lowest BCUT2D eigenvalue weighted by atomic mass is 10.1. The maximum absolute atomic E-state index is 4.59. The normalized spacial score (nSPS) is 21.4. The van der Waals surface area contributed by atoms with Crippen LogP contribution in [0.4, 0.5) is 5.82 Å². The molecular weight excluding hydrogens is 246 g/mol. The molecule has 2 atom stereocenters. The van der Waals surface area contributed by atoms with Crippen LogP contribution < -0.4 is 5.32 Å². The smallest absolute Gasteiger partial charge is 0.126 e. The molecule has 1 aromatic rings. The molecule has 2 rings (SSSR count). The fourth-order valence-corrected chi connectivity index (χ4v) is 2.93. The Balaban J connectivity index is 2.01. The molecule has 112 valence electrons. The largest absolute Gasteiger partial charge is 0.368 e. The number of nitrogens with one attached hydrogen (secondary N) is 1. The molecule has 0 spiro atoms. The molecule has 0 unspecified atom stereocenters. The first kappa shape index (κ1) is 15.3. The zero-order valence-electron chi connectivity index (χ0n) is 13.4. The summed E-state index contributed by atoms with van der Waals surface area (Å²) in [6, 6.07) is 5.44. The van der Waals surface area contributed by atoms with Crippen LogP contribution in [0.2, 0.25) is 0 Å². The zero-order chi connectivity index (χ0) is 14.5. The van der Waals surface area contributed by atoms with Crippen LogP contribution in [0, 0.1) is 5.92 Å². The molecule has 1 aromatic heterocycles. The molecule has 0 saturated carbocycles. The van der Waals surface area contributed by atoms with Gasteiger partial charge in [-0.15, -0.1) is 0 Å². The molecule has 0 aliphatic carbocycles. The van der Waals surface area contributed by atoms with Gasteiger partial charge in [0.1, 0.15) is 5.82 Å². The third-order valence-electron chi connectivity index (χ3n) is 4.14. The van der Waals surface area contributed by atoms with E-state index in [2.05, 4.69) is 61.2 Å². The van der Waals surface area contributed by atoms with Gasteiger partial charge >= 0.3 is 0 Å². The van der Waals surface area contributed by atoms with E-state index in [9.17, 15) is 0 Å². The van der Waals surface area contributed by atoms with Gasteiger partial charge in [-0.1, -0.05) is 26.8 Å². The fraction of sp³-hybridized carbons (Fsp3) is 0.706. The van der Waals surface area contributed by atoms with Gasteiger partial charge in [-0.2, -0.15) is 0 Å². The van der Waals surface area contributed by atoms with E-state index in [1.54, 1.807) is 0 Å². The summed E-state index contributed by atoms with van der Waals surface area (Å²) in [4.78, 5) is 7.20. The molecule has 0 bridgehead atoms. The number of pyridine rings is 1. The topological polar surface area (TPSA) is 28.2 Å². The van der Waals surface area contributed by atoms with E-state index < -0.39 is 0 Å². The van der Waals surface area contributed by atoms with Crippen molar-refractivity contribution < 1.29 is 0 Å².